The average molecular weight is 304 g/mol. The molecule has 6 heteroatoms. The molecule has 21 heavy (non-hydrogen) atoms. The van der Waals surface area contributed by atoms with Gasteiger partial charge in [-0.3, -0.25) is 9.88 Å². The Kier molecular flexibility index (Phi) is 4.92. The molecule has 0 spiro atoms. The second-order valence-corrected chi connectivity index (χ2v) is 6.33. The van der Waals surface area contributed by atoms with Crippen molar-refractivity contribution in [2.75, 3.05) is 26.7 Å². The molecule has 1 fully saturated rings. The largest absolute Gasteiger partial charge is 0.379 e. The van der Waals surface area contributed by atoms with Crippen molar-refractivity contribution in [1.29, 1.82) is 0 Å². The summed E-state index contributed by atoms with van der Waals surface area (Å²) in [6.45, 7) is 4.54. The van der Waals surface area contributed by atoms with Gasteiger partial charge in [-0.25, -0.2) is 4.98 Å². The van der Waals surface area contributed by atoms with E-state index in [9.17, 15) is 0 Å². The molecule has 1 unspecified atom stereocenters. The molecule has 1 aliphatic heterocycles. The van der Waals surface area contributed by atoms with Crippen LogP contribution in [0.2, 0.25) is 0 Å². The molecular weight excluding hydrogens is 284 g/mol. The molecule has 3 rings (SSSR count). The third kappa shape index (κ3) is 3.65. The Hall–Kier alpha value is -1.34. The van der Waals surface area contributed by atoms with Crippen molar-refractivity contribution in [2.24, 2.45) is 0 Å². The minimum absolute atomic E-state index is 0.363. The van der Waals surface area contributed by atoms with Crippen molar-refractivity contribution in [2.45, 2.75) is 19.2 Å². The molecule has 112 valence electrons. The van der Waals surface area contributed by atoms with Crippen molar-refractivity contribution < 1.29 is 4.74 Å². The second-order valence-electron chi connectivity index (χ2n) is 5.13. The van der Waals surface area contributed by atoms with Gasteiger partial charge in [0.1, 0.15) is 5.01 Å². The summed E-state index contributed by atoms with van der Waals surface area (Å²) < 4.78 is 5.16. The van der Waals surface area contributed by atoms with E-state index in [0.717, 1.165) is 31.2 Å². The fourth-order valence-electron chi connectivity index (χ4n) is 2.64. The quantitative estimate of drug-likeness (QED) is 0.913. The standard InChI is InChI=1S/C15H20N4OS/c1-20-11-13-8-18-15(21-13)10-19-6-5-17-9-14(19)12-3-2-4-16-7-12/h2-4,7-8,14,17H,5-6,9-11H2,1H3. The SMILES string of the molecule is COCc1cnc(CN2CCNCC2c2cccnc2)s1. The van der Waals surface area contributed by atoms with Gasteiger partial charge in [0, 0.05) is 51.4 Å². The van der Waals surface area contributed by atoms with E-state index in [0.29, 0.717) is 12.6 Å². The van der Waals surface area contributed by atoms with Crippen LogP contribution in [0.25, 0.3) is 0 Å². The molecule has 3 heterocycles. The number of piperazine rings is 1. The predicted octanol–water partition coefficient (Wildman–Crippen LogP) is 1.83. The lowest BCUT2D eigenvalue weighted by Gasteiger charge is -2.35. The van der Waals surface area contributed by atoms with Crippen molar-refractivity contribution in [3.63, 3.8) is 0 Å². The van der Waals surface area contributed by atoms with Crippen LogP contribution in [0.15, 0.2) is 30.7 Å². The fraction of sp³-hybridized carbons (Fsp3) is 0.467. The number of thiazole rings is 1. The van der Waals surface area contributed by atoms with Gasteiger partial charge < -0.3 is 10.1 Å². The normalized spacial score (nSPS) is 19.8. The minimum atomic E-state index is 0.363. The lowest BCUT2D eigenvalue weighted by Crippen LogP contribution is -2.45. The summed E-state index contributed by atoms with van der Waals surface area (Å²) in [5.74, 6) is 0. The number of rotatable bonds is 5. The fourth-order valence-corrected chi connectivity index (χ4v) is 3.56. The summed E-state index contributed by atoms with van der Waals surface area (Å²) in [7, 11) is 1.72. The molecule has 1 aliphatic rings. The van der Waals surface area contributed by atoms with Crippen molar-refractivity contribution >= 4 is 11.3 Å². The Bertz CT molecular complexity index is 560. The Balaban J connectivity index is 1.72. The molecule has 0 amide bonds. The van der Waals surface area contributed by atoms with Gasteiger partial charge in [0.2, 0.25) is 0 Å². The molecule has 0 radical (unpaired) electrons. The highest BCUT2D eigenvalue weighted by molar-refractivity contribution is 7.11. The maximum absolute atomic E-state index is 5.16. The molecule has 5 nitrogen and oxygen atoms in total. The molecule has 2 aromatic heterocycles. The van der Waals surface area contributed by atoms with E-state index in [4.69, 9.17) is 4.74 Å². The molecule has 1 saturated heterocycles. The van der Waals surface area contributed by atoms with Crippen LogP contribution in [0.4, 0.5) is 0 Å². The summed E-state index contributed by atoms with van der Waals surface area (Å²) in [4.78, 5) is 12.4. The number of pyridine rings is 1. The first-order chi connectivity index (χ1) is 10.4. The van der Waals surface area contributed by atoms with Crippen molar-refractivity contribution in [3.05, 3.63) is 46.2 Å². The molecule has 2 aromatic rings. The third-order valence-electron chi connectivity index (χ3n) is 3.65. The van der Waals surface area contributed by atoms with Gasteiger partial charge in [-0.15, -0.1) is 11.3 Å². The highest BCUT2D eigenvalue weighted by Gasteiger charge is 2.24. The summed E-state index contributed by atoms with van der Waals surface area (Å²) in [6.07, 6.45) is 5.70. The van der Waals surface area contributed by atoms with Crippen LogP contribution in [0.5, 0.6) is 0 Å². The van der Waals surface area contributed by atoms with Crippen LogP contribution in [-0.2, 0) is 17.9 Å². The zero-order valence-electron chi connectivity index (χ0n) is 12.2. The van der Waals surface area contributed by atoms with Crippen LogP contribution in [0.3, 0.4) is 0 Å². The molecular formula is C15H20N4OS. The van der Waals surface area contributed by atoms with E-state index in [1.807, 2.05) is 24.7 Å². The Morgan fingerprint density at radius 3 is 3.24 bits per heavy atom. The maximum Gasteiger partial charge on any atom is 0.107 e. The Labute approximate surface area is 129 Å². The van der Waals surface area contributed by atoms with Crippen molar-refractivity contribution in [1.82, 2.24) is 20.2 Å². The zero-order chi connectivity index (χ0) is 14.5. The van der Waals surface area contributed by atoms with Gasteiger partial charge in [0.05, 0.1) is 18.0 Å². The smallest absolute Gasteiger partial charge is 0.107 e. The van der Waals surface area contributed by atoms with Gasteiger partial charge >= 0.3 is 0 Å². The second kappa shape index (κ2) is 7.09. The van der Waals surface area contributed by atoms with Gasteiger partial charge in [-0.05, 0) is 11.6 Å². The van der Waals surface area contributed by atoms with E-state index in [1.165, 1.54) is 10.4 Å². The first-order valence-corrected chi connectivity index (χ1v) is 7.95. The zero-order valence-corrected chi connectivity index (χ0v) is 13.0. The van der Waals surface area contributed by atoms with Gasteiger partial charge in [-0.2, -0.15) is 0 Å². The van der Waals surface area contributed by atoms with Crippen LogP contribution in [0, 0.1) is 0 Å². The van der Waals surface area contributed by atoms with E-state index in [2.05, 4.69) is 26.3 Å². The number of hydrogen-bond donors (Lipinski definition) is 1. The van der Waals surface area contributed by atoms with Gasteiger partial charge in [0.15, 0.2) is 0 Å². The van der Waals surface area contributed by atoms with E-state index in [1.54, 1.807) is 18.4 Å². The molecule has 1 atom stereocenters. The summed E-state index contributed by atoms with van der Waals surface area (Å²) in [5, 5.41) is 4.62. The van der Waals surface area contributed by atoms with Crippen LogP contribution in [-0.4, -0.2) is 41.6 Å². The molecule has 0 aliphatic carbocycles. The summed E-state index contributed by atoms with van der Waals surface area (Å²) >= 11 is 1.73. The Morgan fingerprint density at radius 1 is 1.48 bits per heavy atom. The van der Waals surface area contributed by atoms with Gasteiger partial charge in [0.25, 0.3) is 0 Å². The van der Waals surface area contributed by atoms with Crippen LogP contribution < -0.4 is 5.32 Å². The summed E-state index contributed by atoms with van der Waals surface area (Å²) in [5.41, 5.74) is 1.26. The monoisotopic (exact) mass is 304 g/mol. The number of nitrogens with zero attached hydrogens (tertiary/aromatic N) is 3. The highest BCUT2D eigenvalue weighted by atomic mass is 32.1. The average Bonchev–Trinajstić information content (AvgIpc) is 2.96. The van der Waals surface area contributed by atoms with E-state index in [-0.39, 0.29) is 0 Å². The first-order valence-electron chi connectivity index (χ1n) is 7.14. The Morgan fingerprint density at radius 2 is 2.43 bits per heavy atom. The topological polar surface area (TPSA) is 50.3 Å². The van der Waals surface area contributed by atoms with E-state index < -0.39 is 0 Å². The first kappa shape index (κ1) is 14.6. The molecule has 0 bridgehead atoms. The number of methoxy groups -OCH3 is 1. The summed E-state index contributed by atoms with van der Waals surface area (Å²) in [6, 6.07) is 4.51. The van der Waals surface area contributed by atoms with Crippen molar-refractivity contribution in [3.8, 4) is 0 Å². The molecule has 0 aromatic carbocycles. The molecule has 0 saturated carbocycles. The van der Waals surface area contributed by atoms with E-state index >= 15 is 0 Å². The lowest BCUT2D eigenvalue weighted by molar-refractivity contribution is 0.153. The number of nitrogens with one attached hydrogen (secondary N) is 1. The van der Waals surface area contributed by atoms with Gasteiger partial charge in [-0.1, -0.05) is 6.07 Å². The number of hydrogen-bond acceptors (Lipinski definition) is 6. The van der Waals surface area contributed by atoms with Crippen LogP contribution >= 0.6 is 11.3 Å². The molecule has 1 N–H and O–H groups in total. The lowest BCUT2D eigenvalue weighted by atomic mass is 10.1. The minimum Gasteiger partial charge on any atom is -0.379 e. The number of aromatic nitrogens is 2. The van der Waals surface area contributed by atoms with Crippen LogP contribution in [0.1, 0.15) is 21.5 Å². The predicted molar refractivity (Wildman–Crippen MR) is 83.1 cm³/mol. The highest BCUT2D eigenvalue weighted by Crippen LogP contribution is 2.25. The third-order valence-corrected chi connectivity index (χ3v) is 4.61. The number of ether oxygens (including phenoxy) is 1. The maximum atomic E-state index is 5.16.